The maximum Gasteiger partial charge on any atom is 0.0451 e. The monoisotopic (exact) mass is 197 g/mol. The highest BCUT2D eigenvalue weighted by Gasteiger charge is 2.22. The predicted octanol–water partition coefficient (Wildman–Crippen LogP) is 3.88. The molecule has 0 aliphatic heterocycles. The van der Waals surface area contributed by atoms with Gasteiger partial charge in [-0.15, -0.1) is 0 Å². The molecule has 13 heavy (non-hydrogen) atoms. The minimum atomic E-state index is 0.234. The zero-order valence-corrected chi connectivity index (χ0v) is 9.39. The molecular formula is C11H16ClN. The van der Waals surface area contributed by atoms with E-state index in [2.05, 4.69) is 32.7 Å². The molecule has 0 amide bonds. The van der Waals surface area contributed by atoms with Crippen LogP contribution in [0.5, 0.6) is 0 Å². The van der Waals surface area contributed by atoms with E-state index in [1.165, 1.54) is 0 Å². The van der Waals surface area contributed by atoms with Crippen LogP contribution in [0.15, 0.2) is 18.3 Å². The fourth-order valence-corrected chi connectivity index (χ4v) is 1.27. The van der Waals surface area contributed by atoms with Gasteiger partial charge in [0.05, 0.1) is 0 Å². The van der Waals surface area contributed by atoms with Crippen LogP contribution in [0.4, 0.5) is 0 Å². The van der Waals surface area contributed by atoms with E-state index >= 15 is 0 Å². The number of hydrogen-bond acceptors (Lipinski definition) is 1. The van der Waals surface area contributed by atoms with Crippen LogP contribution >= 0.6 is 11.6 Å². The quantitative estimate of drug-likeness (QED) is 0.666. The lowest BCUT2D eigenvalue weighted by molar-refractivity contribution is 0.334. The molecule has 1 heterocycles. The number of aromatic nitrogens is 1. The van der Waals surface area contributed by atoms with E-state index in [-0.39, 0.29) is 5.41 Å². The van der Waals surface area contributed by atoms with Gasteiger partial charge in [-0.05, 0) is 17.5 Å². The normalized spacial score (nSPS) is 14.2. The minimum Gasteiger partial charge on any atom is -0.261 e. The van der Waals surface area contributed by atoms with E-state index in [9.17, 15) is 0 Å². The molecule has 0 spiro atoms. The van der Waals surface area contributed by atoms with Gasteiger partial charge in [-0.25, -0.2) is 0 Å². The molecule has 0 N–H and O–H groups in total. The molecule has 0 radical (unpaired) electrons. The summed E-state index contributed by atoms with van der Waals surface area (Å²) in [5.74, 6) is 0.422. The van der Waals surface area contributed by atoms with Crippen LogP contribution in [0, 0.1) is 5.41 Å². The van der Waals surface area contributed by atoms with Gasteiger partial charge in [0, 0.05) is 22.8 Å². The van der Waals surface area contributed by atoms with Gasteiger partial charge < -0.3 is 0 Å². The van der Waals surface area contributed by atoms with Crippen molar-refractivity contribution in [3.05, 3.63) is 29.0 Å². The molecule has 1 aromatic rings. The number of pyridine rings is 1. The predicted molar refractivity (Wildman–Crippen MR) is 57.1 cm³/mol. The zero-order chi connectivity index (χ0) is 10.1. The first kappa shape index (κ1) is 10.5. The molecule has 0 saturated carbocycles. The Morgan fingerprint density at radius 3 is 2.46 bits per heavy atom. The van der Waals surface area contributed by atoms with Crippen molar-refractivity contribution in [3.8, 4) is 0 Å². The van der Waals surface area contributed by atoms with Gasteiger partial charge in [0.2, 0.25) is 0 Å². The van der Waals surface area contributed by atoms with Crippen molar-refractivity contribution < 1.29 is 0 Å². The zero-order valence-electron chi connectivity index (χ0n) is 8.63. The van der Waals surface area contributed by atoms with Crippen molar-refractivity contribution in [2.75, 3.05) is 0 Å². The molecule has 2 heteroatoms. The number of halogens is 1. The third kappa shape index (κ3) is 2.70. The van der Waals surface area contributed by atoms with Crippen LogP contribution in [0.3, 0.4) is 0 Å². The maximum absolute atomic E-state index is 5.90. The third-order valence-electron chi connectivity index (χ3n) is 2.49. The van der Waals surface area contributed by atoms with Crippen molar-refractivity contribution in [1.82, 2.24) is 4.98 Å². The largest absolute Gasteiger partial charge is 0.261 e. The van der Waals surface area contributed by atoms with Gasteiger partial charge in [-0.2, -0.15) is 0 Å². The SMILES string of the molecule is CC(c1cc(Cl)ccn1)C(C)(C)C. The van der Waals surface area contributed by atoms with E-state index in [1.807, 2.05) is 6.07 Å². The van der Waals surface area contributed by atoms with Crippen molar-refractivity contribution >= 4 is 11.6 Å². The first-order valence-electron chi connectivity index (χ1n) is 4.52. The molecule has 1 aromatic heterocycles. The summed E-state index contributed by atoms with van der Waals surface area (Å²) in [4.78, 5) is 4.32. The Bertz CT molecular complexity index is 288. The Kier molecular flexibility index (Phi) is 2.97. The van der Waals surface area contributed by atoms with E-state index in [0.717, 1.165) is 10.7 Å². The second-order valence-corrected chi connectivity index (χ2v) is 4.92. The summed E-state index contributed by atoms with van der Waals surface area (Å²) in [6.45, 7) is 8.80. The molecule has 0 saturated heterocycles. The molecular weight excluding hydrogens is 182 g/mol. The summed E-state index contributed by atoms with van der Waals surface area (Å²) in [5.41, 5.74) is 1.30. The van der Waals surface area contributed by atoms with Crippen molar-refractivity contribution in [2.24, 2.45) is 5.41 Å². The Balaban J connectivity index is 2.96. The van der Waals surface area contributed by atoms with E-state index in [4.69, 9.17) is 11.6 Å². The smallest absolute Gasteiger partial charge is 0.0451 e. The van der Waals surface area contributed by atoms with Crippen LogP contribution in [-0.2, 0) is 0 Å². The molecule has 1 unspecified atom stereocenters. The van der Waals surface area contributed by atoms with Gasteiger partial charge in [0.25, 0.3) is 0 Å². The molecule has 72 valence electrons. The topological polar surface area (TPSA) is 12.9 Å². The van der Waals surface area contributed by atoms with E-state index in [1.54, 1.807) is 12.3 Å². The molecule has 0 aromatic carbocycles. The van der Waals surface area contributed by atoms with Crippen molar-refractivity contribution in [2.45, 2.75) is 33.6 Å². The molecule has 0 aliphatic carbocycles. The third-order valence-corrected chi connectivity index (χ3v) is 2.72. The van der Waals surface area contributed by atoms with Crippen LogP contribution in [0.2, 0.25) is 5.02 Å². The summed E-state index contributed by atoms with van der Waals surface area (Å²) < 4.78 is 0. The first-order chi connectivity index (χ1) is 5.91. The number of rotatable bonds is 1. The Labute approximate surface area is 85.1 Å². The Morgan fingerprint density at radius 2 is 2.00 bits per heavy atom. The van der Waals surface area contributed by atoms with Crippen molar-refractivity contribution in [1.29, 1.82) is 0 Å². The summed E-state index contributed by atoms with van der Waals surface area (Å²) >= 11 is 5.90. The van der Waals surface area contributed by atoms with Crippen LogP contribution in [-0.4, -0.2) is 4.98 Å². The lowest BCUT2D eigenvalue weighted by Gasteiger charge is -2.26. The minimum absolute atomic E-state index is 0.234. The molecule has 0 fully saturated rings. The van der Waals surface area contributed by atoms with Crippen LogP contribution < -0.4 is 0 Å². The number of nitrogens with zero attached hydrogens (tertiary/aromatic N) is 1. The van der Waals surface area contributed by atoms with Gasteiger partial charge in [0.1, 0.15) is 0 Å². The fourth-order valence-electron chi connectivity index (χ4n) is 1.10. The highest BCUT2D eigenvalue weighted by atomic mass is 35.5. The summed E-state index contributed by atoms with van der Waals surface area (Å²) in [5, 5.41) is 0.765. The average molecular weight is 198 g/mol. The van der Waals surface area contributed by atoms with Crippen LogP contribution in [0.25, 0.3) is 0 Å². The van der Waals surface area contributed by atoms with Gasteiger partial charge in [0.15, 0.2) is 0 Å². The maximum atomic E-state index is 5.90. The number of hydrogen-bond donors (Lipinski definition) is 0. The van der Waals surface area contributed by atoms with Gasteiger partial charge in [-0.3, -0.25) is 4.98 Å². The van der Waals surface area contributed by atoms with E-state index < -0.39 is 0 Å². The molecule has 1 rings (SSSR count). The highest BCUT2D eigenvalue weighted by Crippen LogP contribution is 2.33. The van der Waals surface area contributed by atoms with Crippen molar-refractivity contribution in [3.63, 3.8) is 0 Å². The first-order valence-corrected chi connectivity index (χ1v) is 4.90. The lowest BCUT2D eigenvalue weighted by Crippen LogP contribution is -2.16. The standard InChI is InChI=1S/C11H16ClN/c1-8(11(2,3)4)10-7-9(12)5-6-13-10/h5-8H,1-4H3. The average Bonchev–Trinajstić information content (AvgIpc) is 2.01. The van der Waals surface area contributed by atoms with E-state index in [0.29, 0.717) is 5.92 Å². The summed E-state index contributed by atoms with van der Waals surface area (Å²) in [6, 6.07) is 3.75. The van der Waals surface area contributed by atoms with Gasteiger partial charge in [-0.1, -0.05) is 39.3 Å². The summed E-state index contributed by atoms with van der Waals surface area (Å²) in [6.07, 6.45) is 1.76. The fraction of sp³-hybridized carbons (Fsp3) is 0.545. The second-order valence-electron chi connectivity index (χ2n) is 4.49. The highest BCUT2D eigenvalue weighted by molar-refractivity contribution is 6.30. The Morgan fingerprint density at radius 1 is 1.38 bits per heavy atom. The molecule has 1 nitrogen and oxygen atoms in total. The molecule has 1 atom stereocenters. The second kappa shape index (κ2) is 3.67. The lowest BCUT2D eigenvalue weighted by atomic mass is 9.80. The summed E-state index contributed by atoms with van der Waals surface area (Å²) in [7, 11) is 0. The molecule has 0 bridgehead atoms. The van der Waals surface area contributed by atoms with Gasteiger partial charge >= 0.3 is 0 Å². The Hall–Kier alpha value is -0.560. The van der Waals surface area contributed by atoms with Crippen LogP contribution in [0.1, 0.15) is 39.3 Å². The molecule has 0 aliphatic rings.